The van der Waals surface area contributed by atoms with Crippen LogP contribution in [0.5, 0.6) is 0 Å². The predicted octanol–water partition coefficient (Wildman–Crippen LogP) is 7.41. The molecule has 0 radical (unpaired) electrons. The van der Waals surface area contributed by atoms with E-state index in [1.54, 1.807) is 13.8 Å². The molecule has 1 unspecified atom stereocenters. The van der Waals surface area contributed by atoms with Crippen molar-refractivity contribution >= 4 is 35.1 Å². The molecule has 7 nitrogen and oxygen atoms in total. The van der Waals surface area contributed by atoms with Gasteiger partial charge in [-0.15, -0.1) is 0 Å². The van der Waals surface area contributed by atoms with Gasteiger partial charge in [0.2, 0.25) is 0 Å². The van der Waals surface area contributed by atoms with E-state index >= 15 is 0 Å². The molecule has 0 aliphatic heterocycles. The molecule has 1 heterocycles. The Morgan fingerprint density at radius 2 is 1.70 bits per heavy atom. The molecule has 1 aromatic carbocycles. The molecule has 2 fully saturated rings. The Balaban J connectivity index is 1.68. The van der Waals surface area contributed by atoms with Crippen LogP contribution in [-0.2, 0) is 15.7 Å². The molecule has 43 heavy (non-hydrogen) atoms. The normalized spacial score (nSPS) is 22.6. The summed E-state index contributed by atoms with van der Waals surface area (Å²) in [5.74, 6) is -1.82. The monoisotopic (exact) mass is 657 g/mol. The van der Waals surface area contributed by atoms with Crippen molar-refractivity contribution < 1.29 is 45.8 Å². The third-order valence-electron chi connectivity index (χ3n) is 8.43. The summed E-state index contributed by atoms with van der Waals surface area (Å²) in [4.78, 5) is 26.7. The number of alkyl halides is 6. The molecule has 1 atom stereocenters. The number of carbonyl (C=O) groups excluding carboxylic acids is 2. The average Bonchev–Trinajstić information content (AvgIpc) is 3.56. The Morgan fingerprint density at radius 1 is 1.12 bits per heavy atom. The zero-order valence-corrected chi connectivity index (χ0v) is 24.9. The number of carbonyl (C=O) groups is 2. The van der Waals surface area contributed by atoms with Gasteiger partial charge in [-0.1, -0.05) is 29.3 Å². The van der Waals surface area contributed by atoms with Crippen molar-refractivity contribution in [2.24, 2.45) is 10.8 Å². The van der Waals surface area contributed by atoms with Crippen LogP contribution in [0.15, 0.2) is 24.4 Å². The van der Waals surface area contributed by atoms with E-state index in [2.05, 4.69) is 5.10 Å². The minimum Gasteiger partial charge on any atom is -0.466 e. The molecule has 2 aliphatic rings. The molecule has 2 aliphatic carbocycles. The van der Waals surface area contributed by atoms with Crippen molar-refractivity contribution in [2.45, 2.75) is 76.9 Å². The first-order valence-electron chi connectivity index (χ1n) is 13.7. The van der Waals surface area contributed by atoms with Crippen molar-refractivity contribution in [1.29, 1.82) is 0 Å². The molecule has 1 amide bonds. The summed E-state index contributed by atoms with van der Waals surface area (Å²) >= 11 is 12.3. The lowest BCUT2D eigenvalue weighted by Gasteiger charge is -2.36. The molecular weight excluding hydrogens is 627 g/mol. The Hall–Kier alpha value is -2.51. The molecule has 15 heteroatoms. The van der Waals surface area contributed by atoms with Crippen LogP contribution in [0.1, 0.15) is 86.1 Å². The quantitative estimate of drug-likeness (QED) is 0.224. The van der Waals surface area contributed by atoms with E-state index in [9.17, 15) is 41.0 Å². The zero-order chi connectivity index (χ0) is 32.0. The number of ether oxygens (including phenoxy) is 1. The molecule has 238 valence electrons. The fraction of sp³-hybridized carbons (Fsp3) is 0.607. The van der Waals surface area contributed by atoms with Crippen LogP contribution in [0.2, 0.25) is 10.0 Å². The van der Waals surface area contributed by atoms with E-state index < -0.39 is 71.6 Å². The van der Waals surface area contributed by atoms with E-state index in [1.807, 2.05) is 0 Å². The predicted molar refractivity (Wildman–Crippen MR) is 145 cm³/mol. The van der Waals surface area contributed by atoms with Crippen LogP contribution < -0.4 is 0 Å². The van der Waals surface area contributed by atoms with Crippen LogP contribution in [0.3, 0.4) is 0 Å². The minimum absolute atomic E-state index is 0.0275. The summed E-state index contributed by atoms with van der Waals surface area (Å²) in [6.07, 6.45) is -10.8. The van der Waals surface area contributed by atoms with Crippen molar-refractivity contribution in [3.05, 3.63) is 51.3 Å². The van der Waals surface area contributed by atoms with Crippen LogP contribution in [0.25, 0.3) is 0 Å². The average molecular weight is 658 g/mol. The van der Waals surface area contributed by atoms with Gasteiger partial charge in [-0.2, -0.15) is 31.4 Å². The first-order valence-corrected chi connectivity index (χ1v) is 14.5. The standard InChI is InChI=1S/C28H31Cl2F6N3O4/c1-3-43-24(42)25(2)9-7-16(8-10-25)39-22(27(31,32)33)17(13-37-39)23(41)38(15-26(11-12-26)28(34,35)36)14-20(40)21-18(29)5-4-6-19(21)30/h4-6,13,16,20,40H,3,7-12,14-15H2,1-2H3/t16-,20?,25-. The lowest BCUT2D eigenvalue weighted by molar-refractivity contribution is -0.190. The van der Waals surface area contributed by atoms with Gasteiger partial charge in [0.1, 0.15) is 0 Å². The maximum absolute atomic E-state index is 14.5. The van der Waals surface area contributed by atoms with Crippen molar-refractivity contribution in [1.82, 2.24) is 14.7 Å². The van der Waals surface area contributed by atoms with E-state index in [0.29, 0.717) is 15.8 Å². The number of esters is 1. The van der Waals surface area contributed by atoms with Gasteiger partial charge in [0.25, 0.3) is 5.91 Å². The summed E-state index contributed by atoms with van der Waals surface area (Å²) in [6, 6.07) is 3.39. The maximum atomic E-state index is 14.5. The third kappa shape index (κ3) is 6.78. The fourth-order valence-electron chi connectivity index (χ4n) is 5.64. The molecule has 4 rings (SSSR count). The van der Waals surface area contributed by atoms with Crippen LogP contribution in [-0.4, -0.2) is 57.5 Å². The number of nitrogens with zero attached hydrogens (tertiary/aromatic N) is 3. The van der Waals surface area contributed by atoms with Crippen LogP contribution in [0, 0.1) is 10.8 Å². The lowest BCUT2D eigenvalue weighted by Crippen LogP contribution is -2.44. The smallest absolute Gasteiger partial charge is 0.433 e. The minimum atomic E-state index is -5.10. The highest BCUT2D eigenvalue weighted by molar-refractivity contribution is 6.36. The second-order valence-electron chi connectivity index (χ2n) is 11.5. The van der Waals surface area contributed by atoms with Gasteiger partial charge in [0, 0.05) is 22.2 Å². The van der Waals surface area contributed by atoms with E-state index in [1.165, 1.54) is 18.2 Å². The first kappa shape index (κ1) is 33.4. The first-order chi connectivity index (χ1) is 19.9. The van der Waals surface area contributed by atoms with Crippen molar-refractivity contribution in [3.63, 3.8) is 0 Å². The highest BCUT2D eigenvalue weighted by Crippen LogP contribution is 2.58. The van der Waals surface area contributed by atoms with E-state index in [-0.39, 0.29) is 60.7 Å². The molecule has 0 saturated heterocycles. The molecule has 1 aromatic heterocycles. The van der Waals surface area contributed by atoms with Crippen LogP contribution in [0.4, 0.5) is 26.3 Å². The van der Waals surface area contributed by atoms with Gasteiger partial charge < -0.3 is 14.7 Å². The van der Waals surface area contributed by atoms with Crippen molar-refractivity contribution in [3.8, 4) is 0 Å². The Bertz CT molecular complexity index is 1330. The SMILES string of the molecule is CCOC(=O)[C@]1(C)CC[C@@H](n2ncc(C(=O)N(CC(O)c3c(Cl)cccc3Cl)CC3(C(F)(F)F)CC3)c2C(F)(F)F)CC1. The summed E-state index contributed by atoms with van der Waals surface area (Å²) in [7, 11) is 0. The van der Waals surface area contributed by atoms with Gasteiger partial charge in [-0.3, -0.25) is 14.3 Å². The van der Waals surface area contributed by atoms with Gasteiger partial charge in [-0.05, 0) is 64.5 Å². The van der Waals surface area contributed by atoms with E-state index in [0.717, 1.165) is 0 Å². The summed E-state index contributed by atoms with van der Waals surface area (Å²) in [6.45, 7) is 1.70. The summed E-state index contributed by atoms with van der Waals surface area (Å²) < 4.78 is 91.1. The molecule has 2 aromatic rings. The molecule has 1 N–H and O–H groups in total. The second-order valence-corrected chi connectivity index (χ2v) is 12.3. The molecule has 0 spiro atoms. The highest BCUT2D eigenvalue weighted by atomic mass is 35.5. The third-order valence-corrected chi connectivity index (χ3v) is 9.09. The highest BCUT2D eigenvalue weighted by Gasteiger charge is 2.64. The number of aliphatic hydroxyl groups excluding tert-OH is 1. The topological polar surface area (TPSA) is 84.7 Å². The number of aromatic nitrogens is 2. The molecule has 0 bridgehead atoms. The zero-order valence-electron chi connectivity index (χ0n) is 23.4. The van der Waals surface area contributed by atoms with Gasteiger partial charge in [0.15, 0.2) is 5.69 Å². The Morgan fingerprint density at radius 3 is 2.19 bits per heavy atom. The number of aliphatic hydroxyl groups is 1. The molecule has 2 saturated carbocycles. The summed E-state index contributed by atoms with van der Waals surface area (Å²) in [5, 5.41) is 14.7. The van der Waals surface area contributed by atoms with Gasteiger partial charge >= 0.3 is 18.3 Å². The number of hydrogen-bond acceptors (Lipinski definition) is 5. The lowest BCUT2D eigenvalue weighted by atomic mass is 9.74. The van der Waals surface area contributed by atoms with E-state index in [4.69, 9.17) is 27.9 Å². The Kier molecular flexibility index (Phi) is 9.41. The van der Waals surface area contributed by atoms with Crippen molar-refractivity contribution in [2.75, 3.05) is 19.7 Å². The molecular formula is C28H31Cl2F6N3O4. The number of hydrogen-bond donors (Lipinski definition) is 1. The number of benzene rings is 1. The van der Waals surface area contributed by atoms with Gasteiger partial charge in [0.05, 0.1) is 47.9 Å². The number of rotatable bonds is 9. The number of halogens is 8. The number of amides is 1. The summed E-state index contributed by atoms with van der Waals surface area (Å²) in [5.41, 5.74) is -5.63. The second kappa shape index (κ2) is 12.1. The largest absolute Gasteiger partial charge is 0.466 e. The van der Waals surface area contributed by atoms with Gasteiger partial charge in [-0.25, -0.2) is 0 Å². The fourth-order valence-corrected chi connectivity index (χ4v) is 6.29. The Labute approximate surface area is 254 Å². The van der Waals surface area contributed by atoms with Crippen LogP contribution >= 0.6 is 23.2 Å². The maximum Gasteiger partial charge on any atom is 0.433 e.